The zero-order valence-corrected chi connectivity index (χ0v) is 11.3. The Kier molecular flexibility index (Phi) is 3.40. The number of hydrogen-bond donors (Lipinski definition) is 2. The molecule has 1 saturated carbocycles. The van der Waals surface area contributed by atoms with Gasteiger partial charge in [-0.15, -0.1) is 0 Å². The van der Waals surface area contributed by atoms with E-state index in [1.807, 2.05) is 0 Å². The molecule has 2 atom stereocenters. The van der Waals surface area contributed by atoms with Crippen LogP contribution in [0.4, 0.5) is 0 Å². The Morgan fingerprint density at radius 2 is 1.94 bits per heavy atom. The van der Waals surface area contributed by atoms with Crippen molar-refractivity contribution in [3.05, 3.63) is 35.9 Å². The first-order chi connectivity index (χ1) is 8.77. The van der Waals surface area contributed by atoms with Crippen molar-refractivity contribution in [2.24, 2.45) is 5.41 Å². The maximum atomic E-state index is 3.79. The Morgan fingerprint density at radius 3 is 2.67 bits per heavy atom. The van der Waals surface area contributed by atoms with Crippen LogP contribution in [-0.4, -0.2) is 25.7 Å². The Balaban J connectivity index is 1.48. The van der Waals surface area contributed by atoms with Gasteiger partial charge in [0.25, 0.3) is 0 Å². The fourth-order valence-corrected chi connectivity index (χ4v) is 3.07. The second-order valence-corrected chi connectivity index (χ2v) is 6.30. The van der Waals surface area contributed by atoms with Gasteiger partial charge in [-0.25, -0.2) is 0 Å². The normalized spacial score (nSPS) is 30.1. The highest BCUT2D eigenvalue weighted by atomic mass is 15.0. The minimum Gasteiger partial charge on any atom is -0.317 e. The molecule has 3 rings (SSSR count). The molecule has 1 aliphatic carbocycles. The fourth-order valence-electron chi connectivity index (χ4n) is 3.07. The van der Waals surface area contributed by atoms with Gasteiger partial charge in [0.15, 0.2) is 0 Å². The summed E-state index contributed by atoms with van der Waals surface area (Å²) in [6, 6.07) is 11.7. The molecule has 1 saturated heterocycles. The summed E-state index contributed by atoms with van der Waals surface area (Å²) in [6.45, 7) is 5.99. The van der Waals surface area contributed by atoms with Gasteiger partial charge in [0, 0.05) is 18.5 Å². The predicted octanol–water partition coefficient (Wildman–Crippen LogP) is 2.52. The zero-order valence-electron chi connectivity index (χ0n) is 11.3. The van der Waals surface area contributed by atoms with Crippen LogP contribution in [0.15, 0.2) is 30.3 Å². The monoisotopic (exact) mass is 244 g/mol. The van der Waals surface area contributed by atoms with Crippen LogP contribution in [0.3, 0.4) is 0 Å². The topological polar surface area (TPSA) is 24.1 Å². The maximum absolute atomic E-state index is 3.79. The van der Waals surface area contributed by atoms with E-state index >= 15 is 0 Å². The van der Waals surface area contributed by atoms with Crippen LogP contribution >= 0.6 is 0 Å². The van der Waals surface area contributed by atoms with Crippen LogP contribution in [0.1, 0.15) is 37.7 Å². The molecule has 18 heavy (non-hydrogen) atoms. The quantitative estimate of drug-likeness (QED) is 0.850. The van der Waals surface area contributed by atoms with E-state index in [-0.39, 0.29) is 0 Å². The molecule has 2 aliphatic rings. The van der Waals surface area contributed by atoms with Gasteiger partial charge in [-0.1, -0.05) is 37.3 Å². The second-order valence-electron chi connectivity index (χ2n) is 6.30. The van der Waals surface area contributed by atoms with Crippen LogP contribution in [-0.2, 0) is 0 Å². The van der Waals surface area contributed by atoms with Crippen molar-refractivity contribution in [1.29, 1.82) is 0 Å². The lowest BCUT2D eigenvalue weighted by Crippen LogP contribution is -2.42. The molecule has 2 N–H and O–H groups in total. The van der Waals surface area contributed by atoms with Crippen molar-refractivity contribution in [1.82, 2.24) is 10.6 Å². The molecule has 0 amide bonds. The summed E-state index contributed by atoms with van der Waals surface area (Å²) in [5.41, 5.74) is 2.01. The van der Waals surface area contributed by atoms with Gasteiger partial charge in [-0.05, 0) is 43.3 Å². The predicted molar refractivity (Wildman–Crippen MR) is 75.8 cm³/mol. The molecule has 2 heteroatoms. The third-order valence-electron chi connectivity index (χ3n) is 4.62. The molecule has 0 bridgehead atoms. The van der Waals surface area contributed by atoms with Gasteiger partial charge in [0.1, 0.15) is 0 Å². The lowest BCUT2D eigenvalue weighted by molar-refractivity contribution is 0.219. The molecule has 1 aromatic rings. The zero-order chi connectivity index (χ0) is 12.4. The van der Waals surface area contributed by atoms with Crippen LogP contribution in [0.5, 0.6) is 0 Å². The molecule has 1 aliphatic heterocycles. The molecule has 0 unspecified atom stereocenters. The Hall–Kier alpha value is -0.860. The molecule has 0 aromatic heterocycles. The van der Waals surface area contributed by atoms with Gasteiger partial charge < -0.3 is 10.6 Å². The second kappa shape index (κ2) is 5.02. The maximum Gasteiger partial charge on any atom is 0.0143 e. The summed E-state index contributed by atoms with van der Waals surface area (Å²) in [4.78, 5) is 0. The number of benzene rings is 1. The van der Waals surface area contributed by atoms with Crippen LogP contribution in [0, 0.1) is 5.41 Å². The summed E-state index contributed by atoms with van der Waals surface area (Å²) >= 11 is 0. The van der Waals surface area contributed by atoms with Crippen molar-refractivity contribution in [2.45, 2.75) is 38.1 Å². The molecule has 98 valence electrons. The largest absolute Gasteiger partial charge is 0.317 e. The molecule has 1 aromatic carbocycles. The minimum absolute atomic E-state index is 0.509. The smallest absolute Gasteiger partial charge is 0.0143 e. The van der Waals surface area contributed by atoms with E-state index in [2.05, 4.69) is 47.9 Å². The van der Waals surface area contributed by atoms with Crippen LogP contribution < -0.4 is 10.6 Å². The van der Waals surface area contributed by atoms with E-state index in [0.717, 1.165) is 12.0 Å². The lowest BCUT2D eigenvalue weighted by atomic mass is 9.81. The van der Waals surface area contributed by atoms with E-state index in [1.165, 1.54) is 44.5 Å². The summed E-state index contributed by atoms with van der Waals surface area (Å²) in [5, 5.41) is 7.24. The molecular weight excluding hydrogens is 220 g/mol. The molecule has 1 heterocycles. The van der Waals surface area contributed by atoms with Gasteiger partial charge >= 0.3 is 0 Å². The first kappa shape index (κ1) is 12.2. The van der Waals surface area contributed by atoms with E-state index in [0.29, 0.717) is 5.41 Å². The Bertz CT molecular complexity index is 381. The molecule has 0 radical (unpaired) electrons. The van der Waals surface area contributed by atoms with Gasteiger partial charge in [0.2, 0.25) is 0 Å². The summed E-state index contributed by atoms with van der Waals surface area (Å²) < 4.78 is 0. The Morgan fingerprint density at radius 1 is 1.22 bits per heavy atom. The molecule has 0 spiro atoms. The summed E-state index contributed by atoms with van der Waals surface area (Å²) in [7, 11) is 0. The fraction of sp³-hybridized carbons (Fsp3) is 0.625. The van der Waals surface area contributed by atoms with Crippen molar-refractivity contribution in [3.8, 4) is 0 Å². The number of rotatable bonds is 4. The van der Waals surface area contributed by atoms with Crippen molar-refractivity contribution in [2.75, 3.05) is 19.6 Å². The van der Waals surface area contributed by atoms with E-state index < -0.39 is 0 Å². The highest BCUT2D eigenvalue weighted by molar-refractivity contribution is 5.27. The third kappa shape index (κ3) is 2.76. The van der Waals surface area contributed by atoms with Crippen molar-refractivity contribution in [3.63, 3.8) is 0 Å². The first-order valence-electron chi connectivity index (χ1n) is 7.26. The van der Waals surface area contributed by atoms with E-state index in [4.69, 9.17) is 0 Å². The number of hydrogen-bond acceptors (Lipinski definition) is 2. The standard InChI is InChI=1S/C16H24N2/c1-16(7-9-17-10-8-16)12-18-15-11-14(15)13-5-3-2-4-6-13/h2-6,14-15,17-18H,7-12H2,1H3/t14-,15+/m0/s1. The van der Waals surface area contributed by atoms with Crippen LogP contribution in [0.25, 0.3) is 0 Å². The average Bonchev–Trinajstić information content (AvgIpc) is 3.18. The minimum atomic E-state index is 0.509. The highest BCUT2D eigenvalue weighted by Crippen LogP contribution is 2.41. The molecular formula is C16H24N2. The highest BCUT2D eigenvalue weighted by Gasteiger charge is 2.39. The Labute approximate surface area is 110 Å². The number of nitrogens with one attached hydrogen (secondary N) is 2. The third-order valence-corrected chi connectivity index (χ3v) is 4.62. The van der Waals surface area contributed by atoms with Crippen molar-refractivity contribution >= 4 is 0 Å². The summed E-state index contributed by atoms with van der Waals surface area (Å²) in [6.07, 6.45) is 3.93. The van der Waals surface area contributed by atoms with Gasteiger partial charge in [0.05, 0.1) is 0 Å². The van der Waals surface area contributed by atoms with Gasteiger partial charge in [-0.3, -0.25) is 0 Å². The van der Waals surface area contributed by atoms with Crippen LogP contribution in [0.2, 0.25) is 0 Å². The van der Waals surface area contributed by atoms with Crippen molar-refractivity contribution < 1.29 is 0 Å². The SMILES string of the molecule is CC1(CN[C@@H]2C[C@H]2c2ccccc2)CCNCC1. The summed E-state index contributed by atoms with van der Waals surface area (Å²) in [5.74, 6) is 0.761. The molecule has 2 fully saturated rings. The van der Waals surface area contributed by atoms with Gasteiger partial charge in [-0.2, -0.15) is 0 Å². The average molecular weight is 244 g/mol. The lowest BCUT2D eigenvalue weighted by Gasteiger charge is -2.34. The van der Waals surface area contributed by atoms with E-state index in [9.17, 15) is 0 Å². The first-order valence-corrected chi connectivity index (χ1v) is 7.26. The van der Waals surface area contributed by atoms with E-state index in [1.54, 1.807) is 0 Å². The molecule has 2 nitrogen and oxygen atoms in total. The number of piperidine rings is 1.